The number of nitrogens with one attached hydrogen (secondary N) is 1. The minimum absolute atomic E-state index is 0.0128. The van der Waals surface area contributed by atoms with Gasteiger partial charge in [0.2, 0.25) is 0 Å². The molecular weight excluding hydrogens is 439 g/mol. The molecule has 2 heterocycles. The summed E-state index contributed by atoms with van der Waals surface area (Å²) < 4.78 is 38.9. The van der Waals surface area contributed by atoms with Crippen molar-refractivity contribution in [2.75, 3.05) is 18.4 Å². The number of carbonyl (C=O) groups is 1. The van der Waals surface area contributed by atoms with Gasteiger partial charge < -0.3 is 10.2 Å². The van der Waals surface area contributed by atoms with Crippen LogP contribution in [-0.4, -0.2) is 35.1 Å². The quantitative estimate of drug-likeness (QED) is 0.566. The summed E-state index contributed by atoms with van der Waals surface area (Å²) in [6.45, 7) is -0.00941. The molecular formula is C24H21ClF3N3O. The molecule has 166 valence electrons. The standard InChI is InChI=1S/C24H21ClF3N3O/c25-20-7-6-16-10-14-31(23(32)24(26,27)28)15-11-19(16)22(20)30-21(17-4-2-1-3-5-17)18-8-12-29-13-9-18/h1-9,12-13,21,30H,10-11,14-15H2. The Morgan fingerprint density at radius 1 is 0.969 bits per heavy atom. The van der Waals surface area contributed by atoms with Crippen molar-refractivity contribution in [1.82, 2.24) is 9.88 Å². The van der Waals surface area contributed by atoms with Gasteiger partial charge in [0.1, 0.15) is 0 Å². The van der Waals surface area contributed by atoms with Gasteiger partial charge in [-0.25, -0.2) is 0 Å². The number of amides is 1. The largest absolute Gasteiger partial charge is 0.471 e. The lowest BCUT2D eigenvalue weighted by Gasteiger charge is -2.25. The summed E-state index contributed by atoms with van der Waals surface area (Å²) in [7, 11) is 0. The highest BCUT2D eigenvalue weighted by Gasteiger charge is 2.42. The maximum absolute atomic E-state index is 13.0. The van der Waals surface area contributed by atoms with Crippen molar-refractivity contribution < 1.29 is 18.0 Å². The fourth-order valence-corrected chi connectivity index (χ4v) is 4.27. The fourth-order valence-electron chi connectivity index (χ4n) is 4.04. The first kappa shape index (κ1) is 22.1. The summed E-state index contributed by atoms with van der Waals surface area (Å²) >= 11 is 6.57. The minimum Gasteiger partial charge on any atom is -0.373 e. The normalized spacial score (nSPS) is 14.9. The van der Waals surface area contributed by atoms with Gasteiger partial charge in [-0.15, -0.1) is 0 Å². The number of rotatable bonds is 4. The molecule has 0 bridgehead atoms. The molecule has 0 spiro atoms. The van der Waals surface area contributed by atoms with Crippen LogP contribution < -0.4 is 5.32 Å². The Labute approximate surface area is 189 Å². The molecule has 4 nitrogen and oxygen atoms in total. The molecule has 2 aromatic carbocycles. The second-order valence-electron chi connectivity index (χ2n) is 7.62. The predicted molar refractivity (Wildman–Crippen MR) is 118 cm³/mol. The smallest absolute Gasteiger partial charge is 0.373 e. The van der Waals surface area contributed by atoms with Gasteiger partial charge in [-0.3, -0.25) is 9.78 Å². The Morgan fingerprint density at radius 2 is 1.62 bits per heavy atom. The van der Waals surface area contributed by atoms with Crippen molar-refractivity contribution in [1.29, 1.82) is 0 Å². The van der Waals surface area contributed by atoms with E-state index >= 15 is 0 Å². The third-order valence-electron chi connectivity index (χ3n) is 5.63. The van der Waals surface area contributed by atoms with E-state index in [2.05, 4.69) is 10.3 Å². The van der Waals surface area contributed by atoms with Gasteiger partial charge in [-0.1, -0.05) is 48.0 Å². The van der Waals surface area contributed by atoms with Gasteiger partial charge in [0.05, 0.1) is 16.8 Å². The van der Waals surface area contributed by atoms with Crippen LogP contribution in [0.15, 0.2) is 67.0 Å². The van der Waals surface area contributed by atoms with Gasteiger partial charge in [-0.05, 0) is 53.3 Å². The van der Waals surface area contributed by atoms with Crippen LogP contribution in [0.5, 0.6) is 0 Å². The van der Waals surface area contributed by atoms with E-state index in [-0.39, 0.29) is 25.6 Å². The Bertz CT molecular complexity index is 1050. The third-order valence-corrected chi connectivity index (χ3v) is 5.95. The van der Waals surface area contributed by atoms with E-state index in [1.165, 1.54) is 0 Å². The lowest BCUT2D eigenvalue weighted by Crippen LogP contribution is -2.42. The fraction of sp³-hybridized carbons (Fsp3) is 0.250. The topological polar surface area (TPSA) is 45.2 Å². The number of hydrogen-bond donors (Lipinski definition) is 1. The number of aromatic nitrogens is 1. The number of pyridine rings is 1. The molecule has 0 aliphatic carbocycles. The number of anilines is 1. The molecule has 1 amide bonds. The lowest BCUT2D eigenvalue weighted by molar-refractivity contribution is -0.185. The Hall–Kier alpha value is -3.06. The zero-order valence-corrected chi connectivity index (χ0v) is 17.8. The number of hydrogen-bond acceptors (Lipinski definition) is 3. The highest BCUT2D eigenvalue weighted by Crippen LogP contribution is 2.36. The van der Waals surface area contributed by atoms with Gasteiger partial charge >= 0.3 is 12.1 Å². The average Bonchev–Trinajstić information content (AvgIpc) is 3.01. The second-order valence-corrected chi connectivity index (χ2v) is 8.03. The van der Waals surface area contributed by atoms with Gasteiger partial charge in [0.15, 0.2) is 0 Å². The molecule has 0 radical (unpaired) electrons. The minimum atomic E-state index is -4.88. The molecule has 1 unspecified atom stereocenters. The molecule has 0 saturated heterocycles. The molecule has 1 aliphatic rings. The van der Waals surface area contributed by atoms with Gasteiger partial charge in [0, 0.05) is 25.5 Å². The van der Waals surface area contributed by atoms with Crippen molar-refractivity contribution >= 4 is 23.2 Å². The van der Waals surface area contributed by atoms with Gasteiger partial charge in [0.25, 0.3) is 0 Å². The molecule has 1 aliphatic heterocycles. The van der Waals surface area contributed by atoms with Crippen LogP contribution in [-0.2, 0) is 17.6 Å². The number of alkyl halides is 3. The van der Waals surface area contributed by atoms with Crippen LogP contribution in [0.1, 0.15) is 28.3 Å². The van der Waals surface area contributed by atoms with E-state index in [0.29, 0.717) is 17.1 Å². The molecule has 4 rings (SSSR count). The molecule has 3 aromatic rings. The van der Waals surface area contributed by atoms with Crippen molar-refractivity contribution in [2.45, 2.75) is 25.1 Å². The number of nitrogens with zero attached hydrogens (tertiary/aromatic N) is 2. The Kier molecular flexibility index (Phi) is 6.37. The number of fused-ring (bicyclic) bond motifs is 1. The highest BCUT2D eigenvalue weighted by atomic mass is 35.5. The van der Waals surface area contributed by atoms with E-state index < -0.39 is 12.1 Å². The van der Waals surface area contributed by atoms with E-state index in [4.69, 9.17) is 11.6 Å². The van der Waals surface area contributed by atoms with Crippen molar-refractivity contribution in [3.05, 3.63) is 94.3 Å². The molecule has 1 atom stereocenters. The van der Waals surface area contributed by atoms with E-state index in [0.717, 1.165) is 27.2 Å². The van der Waals surface area contributed by atoms with Crippen LogP contribution in [0, 0.1) is 0 Å². The Morgan fingerprint density at radius 3 is 2.31 bits per heavy atom. The summed E-state index contributed by atoms with van der Waals surface area (Å²) in [6.07, 6.45) is -0.859. The second kappa shape index (κ2) is 9.20. The third kappa shape index (κ3) is 4.72. The SMILES string of the molecule is O=C(N1CCc2ccc(Cl)c(NC(c3ccccc3)c3ccncc3)c2CC1)C(F)(F)F. The monoisotopic (exact) mass is 459 g/mol. The van der Waals surface area contributed by atoms with Crippen LogP contribution >= 0.6 is 11.6 Å². The highest BCUT2D eigenvalue weighted by molar-refractivity contribution is 6.33. The molecule has 0 fully saturated rings. The van der Waals surface area contributed by atoms with Crippen LogP contribution in [0.3, 0.4) is 0 Å². The number of benzene rings is 2. The van der Waals surface area contributed by atoms with E-state index in [1.807, 2.05) is 48.5 Å². The summed E-state index contributed by atoms with van der Waals surface area (Å²) in [5.41, 5.74) is 4.38. The van der Waals surface area contributed by atoms with Gasteiger partial charge in [-0.2, -0.15) is 13.2 Å². The molecule has 32 heavy (non-hydrogen) atoms. The maximum Gasteiger partial charge on any atom is 0.471 e. The predicted octanol–water partition coefficient (Wildman–Crippen LogP) is 5.43. The summed E-state index contributed by atoms with van der Waals surface area (Å²) in [6, 6.07) is 17.0. The van der Waals surface area contributed by atoms with Crippen LogP contribution in [0.4, 0.5) is 18.9 Å². The molecule has 0 saturated carbocycles. The first-order chi connectivity index (χ1) is 15.3. The average molecular weight is 460 g/mol. The molecule has 8 heteroatoms. The zero-order valence-electron chi connectivity index (χ0n) is 17.1. The number of carbonyl (C=O) groups excluding carboxylic acids is 1. The van der Waals surface area contributed by atoms with Crippen molar-refractivity contribution in [3.8, 4) is 0 Å². The van der Waals surface area contributed by atoms with E-state index in [1.54, 1.807) is 18.5 Å². The Balaban J connectivity index is 1.69. The van der Waals surface area contributed by atoms with Crippen molar-refractivity contribution in [2.24, 2.45) is 0 Å². The summed E-state index contributed by atoms with van der Waals surface area (Å²) in [4.78, 5) is 16.7. The number of halogens is 4. The maximum atomic E-state index is 13.0. The first-order valence-electron chi connectivity index (χ1n) is 10.2. The summed E-state index contributed by atoms with van der Waals surface area (Å²) in [5, 5.41) is 4.01. The van der Waals surface area contributed by atoms with Crippen molar-refractivity contribution in [3.63, 3.8) is 0 Å². The van der Waals surface area contributed by atoms with Crippen LogP contribution in [0.25, 0.3) is 0 Å². The summed E-state index contributed by atoms with van der Waals surface area (Å²) in [5.74, 6) is -1.80. The molecule has 1 N–H and O–H groups in total. The molecule has 1 aromatic heterocycles. The lowest BCUT2D eigenvalue weighted by atomic mass is 9.96. The van der Waals surface area contributed by atoms with E-state index in [9.17, 15) is 18.0 Å². The zero-order chi connectivity index (χ0) is 22.7. The van der Waals surface area contributed by atoms with Crippen LogP contribution in [0.2, 0.25) is 5.02 Å². The first-order valence-corrected chi connectivity index (χ1v) is 10.6.